The number of nitrogens with one attached hydrogen (secondary N) is 3. The average Bonchev–Trinajstić information content (AvgIpc) is 3.31. The minimum Gasteiger partial charge on any atom is -0.494 e. The molecule has 2 aromatic rings. The van der Waals surface area contributed by atoms with Gasteiger partial charge in [0.25, 0.3) is 0 Å². The van der Waals surface area contributed by atoms with Crippen molar-refractivity contribution in [2.45, 2.75) is 12.1 Å². The maximum Gasteiger partial charge on any atom is 0.204 e. The van der Waals surface area contributed by atoms with Crippen molar-refractivity contribution in [3.8, 4) is 5.75 Å². The van der Waals surface area contributed by atoms with E-state index in [-0.39, 0.29) is 0 Å². The third-order valence-electron chi connectivity index (χ3n) is 6.14. The largest absolute Gasteiger partial charge is 0.494 e. The molecule has 10 heteroatoms. The number of nitrogens with zero attached hydrogens (tertiary/aromatic N) is 2. The van der Waals surface area contributed by atoms with Crippen LogP contribution in [0.1, 0.15) is 12.0 Å². The lowest BCUT2D eigenvalue weighted by molar-refractivity contribution is 0.122. The third-order valence-corrected chi connectivity index (χ3v) is 6.14. The van der Waals surface area contributed by atoms with Crippen LogP contribution in [0.15, 0.2) is 52.8 Å². The van der Waals surface area contributed by atoms with Crippen molar-refractivity contribution in [3.63, 3.8) is 0 Å². The van der Waals surface area contributed by atoms with Crippen LogP contribution in [0.4, 0.5) is 20.2 Å². The number of benzene rings is 2. The summed E-state index contributed by atoms with van der Waals surface area (Å²) in [6, 6.07) is 9.51. The summed E-state index contributed by atoms with van der Waals surface area (Å²) in [6.45, 7) is 3.68. The minimum atomic E-state index is -1.35. The highest BCUT2D eigenvalue weighted by molar-refractivity contribution is 5.97. The molecule has 0 aromatic heterocycles. The third kappa shape index (κ3) is 3.96. The zero-order valence-electron chi connectivity index (χ0n) is 18.3. The van der Waals surface area contributed by atoms with Gasteiger partial charge < -0.3 is 30.3 Å². The van der Waals surface area contributed by atoms with Crippen LogP contribution < -0.4 is 31.3 Å². The van der Waals surface area contributed by atoms with E-state index >= 15 is 0 Å². The van der Waals surface area contributed by atoms with Gasteiger partial charge in [-0.25, -0.2) is 13.8 Å². The van der Waals surface area contributed by atoms with Crippen LogP contribution in [0, 0.1) is 11.6 Å². The van der Waals surface area contributed by atoms with Gasteiger partial charge in [0.05, 0.1) is 26.0 Å². The Labute approximate surface area is 190 Å². The molecule has 1 atom stereocenters. The Morgan fingerprint density at radius 2 is 1.97 bits per heavy atom. The molecule has 1 saturated heterocycles. The lowest BCUT2D eigenvalue weighted by Gasteiger charge is -2.33. The summed E-state index contributed by atoms with van der Waals surface area (Å²) >= 11 is 0. The number of nitrogens with two attached hydrogens (primary N) is 1. The number of aliphatic imine (C=N–C) groups is 1. The number of methoxy groups -OCH3 is 1. The van der Waals surface area contributed by atoms with Crippen LogP contribution in [-0.4, -0.2) is 45.9 Å². The summed E-state index contributed by atoms with van der Waals surface area (Å²) in [4.78, 5) is 6.92. The van der Waals surface area contributed by atoms with Gasteiger partial charge in [-0.1, -0.05) is 6.07 Å². The monoisotopic (exact) mass is 456 g/mol. The molecule has 3 heterocycles. The van der Waals surface area contributed by atoms with Crippen LogP contribution >= 0.6 is 0 Å². The molecular weight excluding hydrogens is 430 g/mol. The first-order chi connectivity index (χ1) is 16.0. The molecule has 2 aromatic carbocycles. The molecule has 174 valence electrons. The smallest absolute Gasteiger partial charge is 0.204 e. The molecule has 0 bridgehead atoms. The van der Waals surface area contributed by atoms with Crippen molar-refractivity contribution in [2.75, 3.05) is 50.2 Å². The van der Waals surface area contributed by atoms with Gasteiger partial charge >= 0.3 is 0 Å². The van der Waals surface area contributed by atoms with Gasteiger partial charge in [-0.2, -0.15) is 0 Å². The number of hydrogen-bond acceptors (Lipinski definition) is 8. The molecule has 0 aliphatic carbocycles. The highest BCUT2D eigenvalue weighted by Gasteiger charge is 2.40. The van der Waals surface area contributed by atoms with Crippen molar-refractivity contribution in [1.82, 2.24) is 10.6 Å². The van der Waals surface area contributed by atoms with Crippen LogP contribution in [0.3, 0.4) is 0 Å². The van der Waals surface area contributed by atoms with Crippen molar-refractivity contribution < 1.29 is 18.3 Å². The molecule has 3 aliphatic rings. The number of hydrogen-bond donors (Lipinski definition) is 4. The Bertz CT molecular complexity index is 1130. The van der Waals surface area contributed by atoms with Crippen LogP contribution in [0.5, 0.6) is 5.75 Å². The molecule has 5 N–H and O–H groups in total. The van der Waals surface area contributed by atoms with Gasteiger partial charge in [0.15, 0.2) is 17.3 Å². The van der Waals surface area contributed by atoms with Crippen LogP contribution in [-0.2, 0) is 10.4 Å². The van der Waals surface area contributed by atoms with Crippen LogP contribution in [0.2, 0.25) is 0 Å². The minimum absolute atomic E-state index is 0.368. The predicted octanol–water partition coefficient (Wildman–Crippen LogP) is 2.20. The quantitative estimate of drug-likeness (QED) is 0.560. The van der Waals surface area contributed by atoms with E-state index in [1.165, 1.54) is 6.07 Å². The highest BCUT2D eigenvalue weighted by atomic mass is 19.2. The Hall–Kier alpha value is -3.37. The first kappa shape index (κ1) is 21.5. The Kier molecular flexibility index (Phi) is 5.55. The Morgan fingerprint density at radius 1 is 1.15 bits per heavy atom. The standard InChI is InChI=1S/C23H26F2N6O2/c1-32-20-13-15(31-8-10-33-11-9-31)3-5-19(20)28-22-29-21-16(6-7-27-21)23(26,30-22)14-2-4-17(24)18(25)12-14/h2-5,12-13,27H,6-11,26H2,1H3,(H2,28,29,30). The second-order valence-corrected chi connectivity index (χ2v) is 8.12. The number of guanidine groups is 1. The van der Waals surface area contributed by atoms with E-state index < -0.39 is 17.3 Å². The van der Waals surface area contributed by atoms with E-state index in [0.29, 0.717) is 55.0 Å². The Balaban J connectivity index is 1.46. The van der Waals surface area contributed by atoms with Crippen molar-refractivity contribution in [3.05, 3.63) is 65.0 Å². The second kappa shape index (κ2) is 8.53. The van der Waals surface area contributed by atoms with Gasteiger partial charge in [-0.15, -0.1) is 0 Å². The van der Waals surface area contributed by atoms with Crippen molar-refractivity contribution in [2.24, 2.45) is 10.7 Å². The van der Waals surface area contributed by atoms with E-state index in [1.54, 1.807) is 7.11 Å². The summed E-state index contributed by atoms with van der Waals surface area (Å²) < 4.78 is 38.6. The fourth-order valence-corrected chi connectivity index (χ4v) is 4.40. The van der Waals surface area contributed by atoms with Crippen LogP contribution in [0.25, 0.3) is 0 Å². The van der Waals surface area contributed by atoms with Gasteiger partial charge in [0.1, 0.15) is 11.6 Å². The zero-order chi connectivity index (χ0) is 23.0. The molecule has 3 aliphatic heterocycles. The van der Waals surface area contributed by atoms with E-state index in [2.05, 4.69) is 25.8 Å². The number of morpholine rings is 1. The molecule has 1 fully saturated rings. The molecule has 1 unspecified atom stereocenters. The molecular formula is C23H26F2N6O2. The van der Waals surface area contributed by atoms with E-state index in [0.717, 1.165) is 36.5 Å². The number of rotatable bonds is 4. The average molecular weight is 456 g/mol. The van der Waals surface area contributed by atoms with E-state index in [1.807, 2.05) is 18.2 Å². The summed E-state index contributed by atoms with van der Waals surface area (Å²) in [5, 5.41) is 9.72. The number of halogens is 2. The fraction of sp³-hybridized carbons (Fsp3) is 0.348. The number of anilines is 2. The Morgan fingerprint density at radius 3 is 2.73 bits per heavy atom. The molecule has 5 rings (SSSR count). The summed E-state index contributed by atoms with van der Waals surface area (Å²) in [5.41, 5.74) is 8.25. The fourth-order valence-electron chi connectivity index (χ4n) is 4.40. The first-order valence-corrected chi connectivity index (χ1v) is 10.8. The molecule has 0 spiro atoms. The SMILES string of the molecule is COc1cc(N2CCOCC2)ccc1NC1=NC(N)(c2ccc(F)c(F)c2)C2=C(NCC2)N1. The second-order valence-electron chi connectivity index (χ2n) is 8.12. The van der Waals surface area contributed by atoms with E-state index in [9.17, 15) is 8.78 Å². The summed E-state index contributed by atoms with van der Waals surface area (Å²) in [5.74, 6) is -0.175. The maximum absolute atomic E-state index is 14.0. The highest BCUT2D eigenvalue weighted by Crippen LogP contribution is 2.37. The predicted molar refractivity (Wildman–Crippen MR) is 122 cm³/mol. The zero-order valence-corrected chi connectivity index (χ0v) is 18.3. The van der Waals surface area contributed by atoms with Crippen molar-refractivity contribution in [1.29, 1.82) is 0 Å². The van der Waals surface area contributed by atoms with Crippen molar-refractivity contribution >= 4 is 17.3 Å². The molecule has 0 amide bonds. The first-order valence-electron chi connectivity index (χ1n) is 10.8. The topological polar surface area (TPSA) is 96.2 Å². The molecule has 0 radical (unpaired) electrons. The normalized spacial score (nSPS) is 22.3. The van der Waals surface area contributed by atoms with Gasteiger partial charge in [-0.05, 0) is 30.7 Å². The van der Waals surface area contributed by atoms with Gasteiger partial charge in [0, 0.05) is 42.5 Å². The molecule has 8 nitrogen and oxygen atoms in total. The van der Waals surface area contributed by atoms with E-state index in [4.69, 9.17) is 15.2 Å². The molecule has 33 heavy (non-hydrogen) atoms. The number of ether oxygens (including phenoxy) is 2. The van der Waals surface area contributed by atoms with Gasteiger partial charge in [-0.3, -0.25) is 5.73 Å². The molecule has 0 saturated carbocycles. The lowest BCUT2D eigenvalue weighted by atomic mass is 9.90. The summed E-state index contributed by atoms with van der Waals surface area (Å²) in [7, 11) is 1.60. The maximum atomic E-state index is 14.0. The van der Waals surface area contributed by atoms with Gasteiger partial charge in [0.2, 0.25) is 5.96 Å². The lowest BCUT2D eigenvalue weighted by Crippen LogP contribution is -2.48. The summed E-state index contributed by atoms with van der Waals surface area (Å²) in [6.07, 6.45) is 0.631.